The topological polar surface area (TPSA) is 38.3 Å². The molecule has 2 aromatic carbocycles. The predicted molar refractivity (Wildman–Crippen MR) is 81.9 cm³/mol. The first-order valence-corrected chi connectivity index (χ1v) is 6.63. The number of aryl methyl sites for hydroxylation is 1. The zero-order valence-electron chi connectivity index (χ0n) is 11.9. The number of halogens is 2. The molecule has 0 aromatic heterocycles. The van der Waals surface area contributed by atoms with Crippen molar-refractivity contribution in [1.82, 2.24) is 0 Å². The summed E-state index contributed by atoms with van der Waals surface area (Å²) in [6, 6.07) is 13.5. The largest absolute Gasteiger partial charge is 0.435 e. The van der Waals surface area contributed by atoms with E-state index in [9.17, 15) is 13.6 Å². The Bertz CT molecular complexity index is 667. The molecule has 1 N–H and O–H groups in total. The maximum atomic E-state index is 12.0. The fourth-order valence-electron chi connectivity index (χ4n) is 1.84. The van der Waals surface area contributed by atoms with Gasteiger partial charge in [0.1, 0.15) is 5.75 Å². The molecule has 0 spiro atoms. The van der Waals surface area contributed by atoms with Gasteiger partial charge < -0.3 is 10.1 Å². The van der Waals surface area contributed by atoms with Gasteiger partial charge in [-0.3, -0.25) is 4.79 Å². The average molecular weight is 303 g/mol. The molecule has 0 fully saturated rings. The van der Waals surface area contributed by atoms with Crippen molar-refractivity contribution in [2.75, 3.05) is 5.32 Å². The maximum Gasteiger partial charge on any atom is 0.387 e. The van der Waals surface area contributed by atoms with Gasteiger partial charge in [-0.2, -0.15) is 8.78 Å². The number of rotatable bonds is 5. The van der Waals surface area contributed by atoms with E-state index in [0.29, 0.717) is 5.56 Å². The molecule has 3 nitrogen and oxygen atoms in total. The van der Waals surface area contributed by atoms with Crippen molar-refractivity contribution in [3.63, 3.8) is 0 Å². The maximum absolute atomic E-state index is 12.0. The van der Waals surface area contributed by atoms with Gasteiger partial charge in [0.25, 0.3) is 0 Å². The molecule has 0 bridgehead atoms. The summed E-state index contributed by atoms with van der Waals surface area (Å²) in [5, 5.41) is 2.74. The minimum Gasteiger partial charge on any atom is -0.435 e. The SMILES string of the molecule is Cc1cccc(NC(=O)/C=C/c2ccc(OC(F)F)cc2)c1. The van der Waals surface area contributed by atoms with Crippen LogP contribution in [0.1, 0.15) is 11.1 Å². The number of hydrogen-bond donors (Lipinski definition) is 1. The Kier molecular flexibility index (Phi) is 5.25. The molecule has 0 aliphatic carbocycles. The molecule has 0 radical (unpaired) electrons. The van der Waals surface area contributed by atoms with Crippen LogP contribution >= 0.6 is 0 Å². The smallest absolute Gasteiger partial charge is 0.387 e. The molecule has 0 saturated heterocycles. The van der Waals surface area contributed by atoms with Crippen molar-refractivity contribution in [3.05, 3.63) is 65.7 Å². The Morgan fingerprint density at radius 3 is 2.55 bits per heavy atom. The van der Waals surface area contributed by atoms with Gasteiger partial charge in [0.15, 0.2) is 0 Å². The second kappa shape index (κ2) is 7.36. The van der Waals surface area contributed by atoms with Crippen molar-refractivity contribution in [3.8, 4) is 5.75 Å². The van der Waals surface area contributed by atoms with E-state index in [1.807, 2.05) is 25.1 Å². The van der Waals surface area contributed by atoms with Crippen LogP contribution in [-0.4, -0.2) is 12.5 Å². The van der Waals surface area contributed by atoms with Gasteiger partial charge >= 0.3 is 6.61 Å². The van der Waals surface area contributed by atoms with Crippen LogP contribution in [0.4, 0.5) is 14.5 Å². The third kappa shape index (κ3) is 5.01. The molecule has 2 aromatic rings. The molecule has 0 saturated carbocycles. The standard InChI is InChI=1S/C17H15F2NO2/c1-12-3-2-4-14(11-12)20-16(21)10-7-13-5-8-15(9-6-13)22-17(18)19/h2-11,17H,1H3,(H,20,21)/b10-7+. The predicted octanol–water partition coefficient (Wildman–Crippen LogP) is 4.25. The zero-order valence-corrected chi connectivity index (χ0v) is 11.9. The first kappa shape index (κ1) is 15.7. The minimum absolute atomic E-state index is 0.0800. The van der Waals surface area contributed by atoms with Gasteiger partial charge in [-0.25, -0.2) is 0 Å². The Labute approximate surface area is 127 Å². The number of nitrogens with one attached hydrogen (secondary N) is 1. The van der Waals surface area contributed by atoms with E-state index in [4.69, 9.17) is 0 Å². The van der Waals surface area contributed by atoms with E-state index in [1.54, 1.807) is 24.3 Å². The van der Waals surface area contributed by atoms with E-state index in [2.05, 4.69) is 10.1 Å². The van der Waals surface area contributed by atoms with Gasteiger partial charge in [-0.1, -0.05) is 24.3 Å². The number of amides is 1. The highest BCUT2D eigenvalue weighted by atomic mass is 19.3. The van der Waals surface area contributed by atoms with Gasteiger partial charge in [0.2, 0.25) is 5.91 Å². The van der Waals surface area contributed by atoms with E-state index in [1.165, 1.54) is 18.2 Å². The lowest BCUT2D eigenvalue weighted by atomic mass is 10.2. The molecule has 0 aliphatic rings. The van der Waals surface area contributed by atoms with E-state index in [0.717, 1.165) is 11.3 Å². The number of benzene rings is 2. The van der Waals surface area contributed by atoms with Crippen molar-refractivity contribution in [2.24, 2.45) is 0 Å². The number of carbonyl (C=O) groups is 1. The molecule has 2 rings (SSSR count). The molecule has 1 amide bonds. The van der Waals surface area contributed by atoms with E-state index < -0.39 is 6.61 Å². The van der Waals surface area contributed by atoms with Gasteiger partial charge in [-0.15, -0.1) is 0 Å². The highest BCUT2D eigenvalue weighted by molar-refractivity contribution is 6.01. The first-order valence-electron chi connectivity index (χ1n) is 6.63. The van der Waals surface area contributed by atoms with Crippen LogP contribution in [0.3, 0.4) is 0 Å². The number of carbonyl (C=O) groups excluding carboxylic acids is 1. The Morgan fingerprint density at radius 2 is 1.91 bits per heavy atom. The van der Waals surface area contributed by atoms with Crippen LogP contribution in [0, 0.1) is 6.92 Å². The van der Waals surface area contributed by atoms with Gasteiger partial charge in [0, 0.05) is 11.8 Å². The van der Waals surface area contributed by atoms with Crippen LogP contribution < -0.4 is 10.1 Å². The Hall–Kier alpha value is -2.69. The number of alkyl halides is 2. The zero-order chi connectivity index (χ0) is 15.9. The number of ether oxygens (including phenoxy) is 1. The molecular weight excluding hydrogens is 288 g/mol. The Balaban J connectivity index is 1.94. The summed E-state index contributed by atoms with van der Waals surface area (Å²) in [4.78, 5) is 11.8. The lowest BCUT2D eigenvalue weighted by Gasteiger charge is -2.04. The minimum atomic E-state index is -2.85. The van der Waals surface area contributed by atoms with Crippen LogP contribution in [0.5, 0.6) is 5.75 Å². The number of hydrogen-bond acceptors (Lipinski definition) is 2. The first-order chi connectivity index (χ1) is 10.5. The molecule has 114 valence electrons. The van der Waals surface area contributed by atoms with Crippen molar-refractivity contribution in [1.29, 1.82) is 0 Å². The summed E-state index contributed by atoms with van der Waals surface area (Å²) in [6.45, 7) is -0.907. The fraction of sp³-hybridized carbons (Fsp3) is 0.118. The summed E-state index contributed by atoms with van der Waals surface area (Å²) >= 11 is 0. The second-order valence-electron chi connectivity index (χ2n) is 4.64. The lowest BCUT2D eigenvalue weighted by Crippen LogP contribution is -2.07. The van der Waals surface area contributed by atoms with Crippen LogP contribution in [0.25, 0.3) is 6.08 Å². The van der Waals surface area contributed by atoms with Gasteiger partial charge in [-0.05, 0) is 48.4 Å². The normalized spacial score (nSPS) is 10.9. The molecule has 5 heteroatoms. The molecule has 0 heterocycles. The van der Waals surface area contributed by atoms with Crippen molar-refractivity contribution in [2.45, 2.75) is 13.5 Å². The summed E-state index contributed by atoms with van der Waals surface area (Å²) in [5.74, 6) is -0.185. The third-order valence-corrected chi connectivity index (χ3v) is 2.82. The molecule has 22 heavy (non-hydrogen) atoms. The average Bonchev–Trinajstić information content (AvgIpc) is 2.46. The number of anilines is 1. The summed E-state index contributed by atoms with van der Waals surface area (Å²) in [5.41, 5.74) is 2.48. The molecule has 0 aliphatic heterocycles. The van der Waals surface area contributed by atoms with Crippen LogP contribution in [0.15, 0.2) is 54.6 Å². The van der Waals surface area contributed by atoms with Gasteiger partial charge in [0.05, 0.1) is 0 Å². The van der Waals surface area contributed by atoms with Crippen molar-refractivity contribution < 1.29 is 18.3 Å². The molecule has 0 unspecified atom stereocenters. The lowest BCUT2D eigenvalue weighted by molar-refractivity contribution is -0.111. The Morgan fingerprint density at radius 1 is 1.18 bits per heavy atom. The van der Waals surface area contributed by atoms with Crippen LogP contribution in [0.2, 0.25) is 0 Å². The summed E-state index contributed by atoms with van der Waals surface area (Å²) < 4.78 is 28.3. The fourth-order valence-corrected chi connectivity index (χ4v) is 1.84. The van der Waals surface area contributed by atoms with E-state index in [-0.39, 0.29) is 11.7 Å². The molecular formula is C17H15F2NO2. The van der Waals surface area contributed by atoms with E-state index >= 15 is 0 Å². The quantitative estimate of drug-likeness (QED) is 0.839. The molecule has 0 atom stereocenters. The monoisotopic (exact) mass is 303 g/mol. The van der Waals surface area contributed by atoms with Crippen molar-refractivity contribution >= 4 is 17.7 Å². The highest BCUT2D eigenvalue weighted by Gasteiger charge is 2.03. The second-order valence-corrected chi connectivity index (χ2v) is 4.64. The highest BCUT2D eigenvalue weighted by Crippen LogP contribution is 2.16. The summed E-state index contributed by atoms with van der Waals surface area (Å²) in [7, 11) is 0. The van der Waals surface area contributed by atoms with Crippen LogP contribution in [-0.2, 0) is 4.79 Å². The third-order valence-electron chi connectivity index (χ3n) is 2.82. The summed E-state index contributed by atoms with van der Waals surface area (Å²) in [6.07, 6.45) is 2.97.